The number of anilines is 1. The molecule has 3 heterocycles. The predicted octanol–water partition coefficient (Wildman–Crippen LogP) is 4.91. The quantitative estimate of drug-likeness (QED) is 0.143. The highest BCUT2D eigenvalue weighted by molar-refractivity contribution is 9.09. The Balaban J connectivity index is 1.71. The number of carbonyl (C=O) groups excluding carboxylic acids is 3. The second-order valence-corrected chi connectivity index (χ2v) is 13.5. The number of esters is 1. The predicted molar refractivity (Wildman–Crippen MR) is 159 cm³/mol. The molecular weight excluding hydrogens is 604 g/mol. The molecule has 2 amide bonds. The van der Waals surface area contributed by atoms with Crippen molar-refractivity contribution in [3.05, 3.63) is 54.1 Å². The molecule has 7 nitrogen and oxygen atoms in total. The maximum atomic E-state index is 14.6. The van der Waals surface area contributed by atoms with Gasteiger partial charge in [-0.15, -0.1) is 24.9 Å². The van der Waals surface area contributed by atoms with Crippen LogP contribution < -0.4 is 4.90 Å². The molecule has 6 atom stereocenters. The van der Waals surface area contributed by atoms with Crippen molar-refractivity contribution in [1.82, 2.24) is 4.90 Å². The third kappa shape index (κ3) is 5.44. The van der Waals surface area contributed by atoms with E-state index in [-0.39, 0.29) is 54.2 Å². The summed E-state index contributed by atoms with van der Waals surface area (Å²) in [4.78, 5) is 45.2. The van der Waals surface area contributed by atoms with Crippen molar-refractivity contribution >= 4 is 62.8 Å². The van der Waals surface area contributed by atoms with Gasteiger partial charge in [-0.05, 0) is 50.7 Å². The summed E-state index contributed by atoms with van der Waals surface area (Å²) < 4.78 is 4.88. The third-order valence-corrected chi connectivity index (χ3v) is 11.5. The van der Waals surface area contributed by atoms with E-state index in [0.717, 1.165) is 24.8 Å². The SMILES string of the molecule is C=CCCCCOC(=O)[C@H]1[C@H]2C(=O)N(CCCO)C(C(=O)N(CC=C)c3c(C)cccc3Cl)C23CC(Br)[C@@H]1S3. The second kappa shape index (κ2) is 12.8. The van der Waals surface area contributed by atoms with Gasteiger partial charge in [0.2, 0.25) is 5.91 Å². The highest BCUT2D eigenvalue weighted by Crippen LogP contribution is 2.68. The van der Waals surface area contributed by atoms with Crippen LogP contribution >= 0.6 is 39.3 Å². The van der Waals surface area contributed by atoms with Crippen LogP contribution in [-0.4, -0.2) is 75.0 Å². The van der Waals surface area contributed by atoms with Gasteiger partial charge in [-0.25, -0.2) is 0 Å². The molecule has 1 aromatic carbocycles. The number of ether oxygens (including phenoxy) is 1. The zero-order chi connectivity index (χ0) is 28.3. The van der Waals surface area contributed by atoms with Crippen molar-refractivity contribution in [3.63, 3.8) is 0 Å². The number of fused-ring (bicyclic) bond motifs is 1. The van der Waals surface area contributed by atoms with Crippen molar-refractivity contribution in [3.8, 4) is 0 Å². The van der Waals surface area contributed by atoms with E-state index in [4.69, 9.17) is 16.3 Å². The van der Waals surface area contributed by atoms with E-state index < -0.39 is 22.6 Å². The Bertz CT molecular complexity index is 1110. The van der Waals surface area contributed by atoms with Crippen LogP contribution in [0.25, 0.3) is 0 Å². The number of alkyl halides is 1. The average molecular weight is 640 g/mol. The molecule has 1 N–H and O–H groups in total. The van der Waals surface area contributed by atoms with Crippen LogP contribution in [0.4, 0.5) is 5.69 Å². The maximum absolute atomic E-state index is 14.6. The highest BCUT2D eigenvalue weighted by Gasteiger charge is 2.76. The van der Waals surface area contributed by atoms with Crippen LogP contribution in [0.1, 0.15) is 37.7 Å². The monoisotopic (exact) mass is 638 g/mol. The smallest absolute Gasteiger partial charge is 0.310 e. The standard InChI is InChI=1S/C29H36BrClN2O5S/c1-4-6-7-8-16-38-28(37)21-22-26(35)33(14-10-15-34)25(29(22)17-19(30)24(21)39-29)27(36)32(13-5-2)23-18(3)11-9-12-20(23)31/h4-5,9,11-12,19,21-22,24-25,34H,1-2,6-8,10,13-17H2,3H3/t19?,21-,22-,24-,25?,29?/m0/s1. The summed E-state index contributed by atoms with van der Waals surface area (Å²) in [5, 5.41) is 9.86. The average Bonchev–Trinajstić information content (AvgIpc) is 3.49. The molecule has 3 fully saturated rings. The molecule has 39 heavy (non-hydrogen) atoms. The van der Waals surface area contributed by atoms with Gasteiger partial charge in [0.1, 0.15) is 6.04 Å². The van der Waals surface area contributed by atoms with Gasteiger partial charge in [0.15, 0.2) is 0 Å². The van der Waals surface area contributed by atoms with Crippen molar-refractivity contribution in [2.24, 2.45) is 11.8 Å². The van der Waals surface area contributed by atoms with Crippen molar-refractivity contribution < 1.29 is 24.2 Å². The molecule has 212 valence electrons. The second-order valence-electron chi connectivity index (χ2n) is 10.4. The normalized spacial score (nSPS) is 28.9. The summed E-state index contributed by atoms with van der Waals surface area (Å²) in [5.74, 6) is -2.18. The molecule has 0 saturated carbocycles. The van der Waals surface area contributed by atoms with Gasteiger partial charge in [-0.2, -0.15) is 0 Å². The zero-order valence-corrected chi connectivity index (χ0v) is 25.3. The first-order valence-electron chi connectivity index (χ1n) is 13.4. The molecule has 3 aliphatic heterocycles. The summed E-state index contributed by atoms with van der Waals surface area (Å²) >= 11 is 11.9. The molecule has 3 saturated heterocycles. The number of unbranched alkanes of at least 4 members (excludes halogenated alkanes) is 2. The number of halogens is 2. The minimum Gasteiger partial charge on any atom is -0.465 e. The van der Waals surface area contributed by atoms with E-state index >= 15 is 0 Å². The summed E-state index contributed by atoms with van der Waals surface area (Å²) in [6.45, 7) is 10.1. The Morgan fingerprint density at radius 2 is 2.08 bits per heavy atom. The number of aryl methyl sites for hydroxylation is 1. The molecule has 0 aliphatic carbocycles. The number of amides is 2. The number of likely N-dealkylation sites (tertiary alicyclic amines) is 1. The Morgan fingerprint density at radius 3 is 2.74 bits per heavy atom. The fraction of sp³-hybridized carbons (Fsp3) is 0.552. The molecular formula is C29H36BrClN2O5S. The fourth-order valence-corrected chi connectivity index (χ4v) is 10.3. The van der Waals surface area contributed by atoms with Crippen LogP contribution in [0.5, 0.6) is 0 Å². The van der Waals surface area contributed by atoms with Crippen LogP contribution in [0.15, 0.2) is 43.5 Å². The number of nitrogens with zero attached hydrogens (tertiary/aromatic N) is 2. The molecule has 1 spiro atoms. The Labute approximate surface area is 248 Å². The molecule has 4 rings (SSSR count). The van der Waals surface area contributed by atoms with Gasteiger partial charge in [-0.1, -0.05) is 51.8 Å². The van der Waals surface area contributed by atoms with E-state index in [2.05, 4.69) is 29.1 Å². The maximum Gasteiger partial charge on any atom is 0.310 e. The van der Waals surface area contributed by atoms with E-state index in [0.29, 0.717) is 23.6 Å². The number of hydrogen-bond donors (Lipinski definition) is 1. The Hall–Kier alpha value is -1.81. The number of benzene rings is 1. The first-order chi connectivity index (χ1) is 18.7. The number of allylic oxidation sites excluding steroid dienone is 1. The summed E-state index contributed by atoms with van der Waals surface area (Å²) in [6.07, 6.45) is 6.82. The van der Waals surface area contributed by atoms with Crippen LogP contribution in [0.2, 0.25) is 5.02 Å². The number of carbonyl (C=O) groups is 3. The van der Waals surface area contributed by atoms with Gasteiger partial charge in [-0.3, -0.25) is 14.4 Å². The van der Waals surface area contributed by atoms with Crippen LogP contribution in [0, 0.1) is 18.8 Å². The molecule has 3 unspecified atom stereocenters. The Morgan fingerprint density at radius 1 is 1.31 bits per heavy atom. The van der Waals surface area contributed by atoms with E-state index in [1.807, 2.05) is 25.1 Å². The number of para-hydroxylation sites is 1. The highest BCUT2D eigenvalue weighted by atomic mass is 79.9. The molecule has 3 aliphatic rings. The first-order valence-corrected chi connectivity index (χ1v) is 15.6. The lowest BCUT2D eigenvalue weighted by molar-refractivity contribution is -0.154. The number of aliphatic hydroxyl groups is 1. The van der Waals surface area contributed by atoms with Gasteiger partial charge in [0, 0.05) is 29.8 Å². The van der Waals surface area contributed by atoms with Gasteiger partial charge in [0.05, 0.1) is 33.9 Å². The van der Waals surface area contributed by atoms with Crippen molar-refractivity contribution in [2.45, 2.75) is 59.9 Å². The number of rotatable bonds is 13. The lowest BCUT2D eigenvalue weighted by Crippen LogP contribution is -2.56. The van der Waals surface area contributed by atoms with Gasteiger partial charge < -0.3 is 19.6 Å². The Kier molecular flexibility index (Phi) is 9.89. The lowest BCUT2D eigenvalue weighted by Gasteiger charge is -2.38. The summed E-state index contributed by atoms with van der Waals surface area (Å²) in [6, 6.07) is 4.64. The molecule has 2 bridgehead atoms. The number of aliphatic hydroxyl groups excluding tert-OH is 1. The number of hydrogen-bond acceptors (Lipinski definition) is 6. The minimum absolute atomic E-state index is 0.0483. The number of thioether (sulfide) groups is 1. The van der Waals surface area contributed by atoms with Crippen molar-refractivity contribution in [2.75, 3.05) is 31.2 Å². The molecule has 10 heteroatoms. The molecule has 1 aromatic rings. The molecule has 0 radical (unpaired) electrons. The third-order valence-electron chi connectivity index (χ3n) is 7.94. The van der Waals surface area contributed by atoms with E-state index in [1.54, 1.807) is 33.7 Å². The van der Waals surface area contributed by atoms with Crippen molar-refractivity contribution in [1.29, 1.82) is 0 Å². The van der Waals surface area contributed by atoms with E-state index in [9.17, 15) is 19.5 Å². The van der Waals surface area contributed by atoms with Gasteiger partial charge >= 0.3 is 5.97 Å². The largest absolute Gasteiger partial charge is 0.465 e. The zero-order valence-electron chi connectivity index (χ0n) is 22.2. The van der Waals surface area contributed by atoms with Crippen LogP contribution in [-0.2, 0) is 19.1 Å². The summed E-state index contributed by atoms with van der Waals surface area (Å²) in [7, 11) is 0. The lowest BCUT2D eigenvalue weighted by atomic mass is 9.71. The fourth-order valence-electron chi connectivity index (χ4n) is 6.35. The minimum atomic E-state index is -0.822. The van der Waals surface area contributed by atoms with Crippen LogP contribution in [0.3, 0.4) is 0 Å². The molecule has 0 aromatic heterocycles. The first kappa shape index (κ1) is 30.2. The van der Waals surface area contributed by atoms with Gasteiger partial charge in [0.25, 0.3) is 5.91 Å². The van der Waals surface area contributed by atoms with E-state index in [1.165, 1.54) is 0 Å². The summed E-state index contributed by atoms with van der Waals surface area (Å²) in [5.41, 5.74) is 1.42. The topological polar surface area (TPSA) is 87.1 Å².